The average Bonchev–Trinajstić information content (AvgIpc) is 3.72. The Morgan fingerprint density at radius 3 is 1.32 bits per heavy atom. The topological polar surface area (TPSA) is 8.82 Å². The normalized spacial score (nSPS) is 13.8. The molecule has 2 heteroatoms. The number of para-hydroxylation sites is 2. The minimum Gasteiger partial charge on any atom is -0.305 e. The zero-order valence-electron chi connectivity index (χ0n) is 21.7. The zero-order chi connectivity index (χ0) is 25.7. The molecule has 2 aliphatic carbocycles. The second-order valence-corrected chi connectivity index (χ2v) is 11.7. The second-order valence-electron chi connectivity index (χ2n) is 11.7. The van der Waals surface area contributed by atoms with Gasteiger partial charge in [0.1, 0.15) is 0 Å². The van der Waals surface area contributed by atoms with E-state index >= 15 is 0 Å². The third kappa shape index (κ3) is 2.15. The van der Waals surface area contributed by atoms with Crippen molar-refractivity contribution >= 4 is 54.6 Å². The minimum absolute atomic E-state index is 1.01. The van der Waals surface area contributed by atoms with Crippen LogP contribution in [-0.4, -0.2) is 8.80 Å². The van der Waals surface area contributed by atoms with Crippen LogP contribution in [0, 0.1) is 0 Å². The lowest BCUT2D eigenvalue weighted by Gasteiger charge is -2.11. The summed E-state index contributed by atoms with van der Waals surface area (Å²) in [7, 11) is 0. The lowest BCUT2D eigenvalue weighted by atomic mass is 10.0. The Balaban J connectivity index is 1.34. The van der Waals surface area contributed by atoms with Crippen molar-refractivity contribution in [1.29, 1.82) is 0 Å². The van der Waals surface area contributed by atoms with Crippen molar-refractivity contribution in [2.24, 2.45) is 0 Å². The van der Waals surface area contributed by atoms with E-state index in [1.54, 1.807) is 0 Å². The highest BCUT2D eigenvalue weighted by Gasteiger charge is 2.26. The molecule has 0 atom stereocenters. The summed E-state index contributed by atoms with van der Waals surface area (Å²) in [6.07, 6.45) is 2.01. The third-order valence-corrected chi connectivity index (χ3v) is 9.84. The van der Waals surface area contributed by atoms with Crippen molar-refractivity contribution in [3.05, 3.63) is 131 Å². The van der Waals surface area contributed by atoms with Gasteiger partial charge in [0.2, 0.25) is 0 Å². The smallest absolute Gasteiger partial charge is 0.0783 e. The fraction of sp³-hybridized carbons (Fsp3) is 0.0526. The third-order valence-electron chi connectivity index (χ3n) is 9.84. The van der Waals surface area contributed by atoms with Crippen LogP contribution < -0.4 is 0 Å². The Labute approximate surface area is 229 Å². The fourth-order valence-corrected chi connectivity index (χ4v) is 8.21. The molecule has 0 saturated heterocycles. The average molecular weight is 507 g/mol. The molecular formula is C38H22N2. The predicted molar refractivity (Wildman–Crippen MR) is 166 cm³/mol. The van der Waals surface area contributed by atoms with Crippen molar-refractivity contribution in [3.8, 4) is 22.3 Å². The molecule has 0 radical (unpaired) electrons. The standard InChI is InChI=1S/C38H22N2/c1-3-9-25-21(7-1)15-23-17-35-31(19-29(23)25)27-11-5-14-34-37(27)39(35)33-13-6-12-28-32-20-30-24(18-36(32)40(34)38(28)33)16-22-8-2-4-10-26(22)30/h1-14,17-20H,15-16H2. The van der Waals surface area contributed by atoms with Crippen LogP contribution in [0.1, 0.15) is 22.3 Å². The lowest BCUT2D eigenvalue weighted by Crippen LogP contribution is -1.97. The van der Waals surface area contributed by atoms with Gasteiger partial charge in [-0.1, -0.05) is 72.8 Å². The molecule has 0 aliphatic heterocycles. The molecule has 2 nitrogen and oxygen atoms in total. The van der Waals surface area contributed by atoms with Gasteiger partial charge in [0.05, 0.1) is 33.1 Å². The molecular weight excluding hydrogens is 484 g/mol. The van der Waals surface area contributed by atoms with Crippen LogP contribution in [0.5, 0.6) is 0 Å². The molecule has 3 aromatic heterocycles. The van der Waals surface area contributed by atoms with E-state index in [4.69, 9.17) is 0 Å². The summed E-state index contributed by atoms with van der Waals surface area (Å²) in [5, 5.41) is 5.35. The molecule has 0 unspecified atom stereocenters. The van der Waals surface area contributed by atoms with Crippen LogP contribution in [0.4, 0.5) is 0 Å². The van der Waals surface area contributed by atoms with E-state index in [0.29, 0.717) is 0 Å². The van der Waals surface area contributed by atoms with Gasteiger partial charge in [-0.2, -0.15) is 0 Å². The Hall–Kier alpha value is -5.08. The molecule has 3 heterocycles. The number of aromatic nitrogens is 2. The first-order valence-electron chi connectivity index (χ1n) is 14.2. The Morgan fingerprint density at radius 2 is 0.825 bits per heavy atom. The van der Waals surface area contributed by atoms with Crippen molar-refractivity contribution in [2.75, 3.05) is 0 Å². The summed E-state index contributed by atoms with van der Waals surface area (Å²) in [6.45, 7) is 0. The molecule has 184 valence electrons. The molecule has 2 aliphatic rings. The van der Waals surface area contributed by atoms with Crippen molar-refractivity contribution in [2.45, 2.75) is 12.8 Å². The molecule has 40 heavy (non-hydrogen) atoms. The molecule has 11 rings (SSSR count). The van der Waals surface area contributed by atoms with E-state index in [1.807, 2.05) is 0 Å². The summed E-state index contributed by atoms with van der Waals surface area (Å²) in [4.78, 5) is 0. The van der Waals surface area contributed by atoms with Gasteiger partial charge < -0.3 is 8.80 Å². The first kappa shape index (κ1) is 19.9. The summed E-state index contributed by atoms with van der Waals surface area (Å²) in [5.74, 6) is 0. The molecule has 0 N–H and O–H groups in total. The SMILES string of the molecule is c1ccc2c(c1)Cc1cc3c(cc1-2)c1cccc2c1n3c1cccc3c4cc5c(cc4n2c31)Cc1ccccc1-5. The largest absolute Gasteiger partial charge is 0.305 e. The lowest BCUT2D eigenvalue weighted by molar-refractivity contribution is 1.23. The summed E-state index contributed by atoms with van der Waals surface area (Å²) >= 11 is 0. The number of fused-ring (bicyclic) bond motifs is 14. The fourth-order valence-electron chi connectivity index (χ4n) is 8.21. The van der Waals surface area contributed by atoms with E-state index in [-0.39, 0.29) is 0 Å². The summed E-state index contributed by atoms with van der Waals surface area (Å²) < 4.78 is 5.10. The predicted octanol–water partition coefficient (Wildman–Crippen LogP) is 9.38. The van der Waals surface area contributed by atoms with Crippen LogP contribution in [0.15, 0.2) is 109 Å². The minimum atomic E-state index is 1.01. The van der Waals surface area contributed by atoms with E-state index < -0.39 is 0 Å². The van der Waals surface area contributed by atoms with Gasteiger partial charge in [-0.3, -0.25) is 0 Å². The number of rotatable bonds is 0. The monoisotopic (exact) mass is 506 g/mol. The first-order valence-corrected chi connectivity index (χ1v) is 14.2. The molecule has 0 spiro atoms. The quantitative estimate of drug-likeness (QED) is 0.181. The van der Waals surface area contributed by atoms with Gasteiger partial charge >= 0.3 is 0 Å². The van der Waals surface area contributed by atoms with E-state index in [1.165, 1.54) is 99.2 Å². The Kier molecular flexibility index (Phi) is 3.26. The molecule has 0 bridgehead atoms. The zero-order valence-corrected chi connectivity index (χ0v) is 21.7. The van der Waals surface area contributed by atoms with Crippen LogP contribution in [-0.2, 0) is 12.8 Å². The maximum Gasteiger partial charge on any atom is 0.0783 e. The van der Waals surface area contributed by atoms with Crippen LogP contribution in [0.2, 0.25) is 0 Å². The van der Waals surface area contributed by atoms with Crippen LogP contribution in [0.25, 0.3) is 76.9 Å². The number of hydrogen-bond donors (Lipinski definition) is 0. The first-order chi connectivity index (χ1) is 19.8. The van der Waals surface area contributed by atoms with Gasteiger partial charge in [-0.05, 0) is 93.7 Å². The van der Waals surface area contributed by atoms with E-state index in [0.717, 1.165) is 12.8 Å². The van der Waals surface area contributed by atoms with Gasteiger partial charge in [0, 0.05) is 21.5 Å². The highest BCUT2D eigenvalue weighted by Crippen LogP contribution is 2.46. The summed E-state index contributed by atoms with van der Waals surface area (Å²) in [5.41, 5.74) is 19.1. The maximum atomic E-state index is 2.55. The number of hydrogen-bond acceptors (Lipinski definition) is 0. The molecule has 0 saturated carbocycles. The van der Waals surface area contributed by atoms with Gasteiger partial charge in [0.15, 0.2) is 0 Å². The van der Waals surface area contributed by atoms with E-state index in [9.17, 15) is 0 Å². The van der Waals surface area contributed by atoms with Crippen molar-refractivity contribution in [3.63, 3.8) is 0 Å². The van der Waals surface area contributed by atoms with Gasteiger partial charge in [-0.15, -0.1) is 0 Å². The maximum absolute atomic E-state index is 2.55. The van der Waals surface area contributed by atoms with Crippen LogP contribution in [0.3, 0.4) is 0 Å². The van der Waals surface area contributed by atoms with Gasteiger partial charge in [0.25, 0.3) is 0 Å². The number of nitrogens with zero attached hydrogens (tertiary/aromatic N) is 2. The molecule has 9 aromatic rings. The number of benzene rings is 6. The van der Waals surface area contributed by atoms with Crippen molar-refractivity contribution in [1.82, 2.24) is 8.80 Å². The van der Waals surface area contributed by atoms with Crippen molar-refractivity contribution < 1.29 is 0 Å². The Morgan fingerprint density at radius 1 is 0.350 bits per heavy atom. The second kappa shape index (κ2) is 6.55. The van der Waals surface area contributed by atoms with Crippen LogP contribution >= 0.6 is 0 Å². The highest BCUT2D eigenvalue weighted by molar-refractivity contribution is 6.22. The summed E-state index contributed by atoms with van der Waals surface area (Å²) in [6, 6.07) is 41.4. The highest BCUT2D eigenvalue weighted by atomic mass is 15.0. The molecule has 6 aromatic carbocycles. The Bertz CT molecular complexity index is 2410. The molecule has 0 amide bonds. The molecule has 0 fully saturated rings. The van der Waals surface area contributed by atoms with Gasteiger partial charge in [-0.25, -0.2) is 0 Å². The van der Waals surface area contributed by atoms with E-state index in [2.05, 4.69) is 118 Å².